The number of carbonyl (C=O) groups excluding carboxylic acids is 1. The molecule has 0 aliphatic heterocycles. The maximum absolute atomic E-state index is 12.4. The summed E-state index contributed by atoms with van der Waals surface area (Å²) < 4.78 is 16.9. The molecule has 5 rings (SSSR count). The molecule has 0 bridgehead atoms. The number of nitrogens with zero attached hydrogens (tertiary/aromatic N) is 1. The number of ether oxygens (including phenoxy) is 2. The van der Waals surface area contributed by atoms with E-state index in [0.29, 0.717) is 18.1 Å². The van der Waals surface area contributed by atoms with Gasteiger partial charge in [-0.15, -0.1) is 0 Å². The minimum absolute atomic E-state index is 0.268. The minimum Gasteiger partial charge on any atom is -0.480 e. The van der Waals surface area contributed by atoms with Crippen molar-refractivity contribution in [2.45, 2.75) is 32.1 Å². The molecule has 0 spiro atoms. The summed E-state index contributed by atoms with van der Waals surface area (Å²) in [4.78, 5) is 17.2. The van der Waals surface area contributed by atoms with Crippen LogP contribution in [0.5, 0.6) is 5.88 Å². The molecule has 5 nitrogen and oxygen atoms in total. The SMILES string of the molecule is CCOC(=O)c1cc2ccc(C3CCC3)c(-c3cc4ccccc4o3)c2nc1OC. The molecule has 30 heavy (non-hydrogen) atoms. The van der Waals surface area contributed by atoms with Gasteiger partial charge in [-0.2, -0.15) is 0 Å². The van der Waals surface area contributed by atoms with Gasteiger partial charge in [0, 0.05) is 16.3 Å². The molecule has 0 amide bonds. The second kappa shape index (κ2) is 7.48. The van der Waals surface area contributed by atoms with E-state index in [9.17, 15) is 4.79 Å². The van der Waals surface area contributed by atoms with Crippen LogP contribution in [0.1, 0.15) is 48.0 Å². The fraction of sp³-hybridized carbons (Fsp3) is 0.280. The van der Waals surface area contributed by atoms with Crippen LogP contribution in [0.4, 0.5) is 0 Å². The zero-order chi connectivity index (χ0) is 20.7. The normalized spacial score (nSPS) is 14.1. The number of hydrogen-bond donors (Lipinski definition) is 0. The monoisotopic (exact) mass is 401 g/mol. The van der Waals surface area contributed by atoms with E-state index in [4.69, 9.17) is 18.9 Å². The third-order valence-corrected chi connectivity index (χ3v) is 5.89. The molecule has 152 valence electrons. The molecule has 1 aliphatic rings. The van der Waals surface area contributed by atoms with Crippen LogP contribution in [0, 0.1) is 0 Å². The van der Waals surface area contributed by atoms with E-state index in [1.807, 2.05) is 30.3 Å². The zero-order valence-electron chi connectivity index (χ0n) is 17.1. The zero-order valence-corrected chi connectivity index (χ0v) is 17.1. The van der Waals surface area contributed by atoms with E-state index in [1.54, 1.807) is 13.0 Å². The largest absolute Gasteiger partial charge is 0.480 e. The van der Waals surface area contributed by atoms with Gasteiger partial charge in [0.1, 0.15) is 16.9 Å². The summed E-state index contributed by atoms with van der Waals surface area (Å²) in [5.74, 6) is 1.12. The molecule has 2 heterocycles. The van der Waals surface area contributed by atoms with Crippen LogP contribution in [-0.4, -0.2) is 24.7 Å². The van der Waals surface area contributed by atoms with Crippen LogP contribution >= 0.6 is 0 Å². The maximum Gasteiger partial charge on any atom is 0.343 e. The van der Waals surface area contributed by atoms with Gasteiger partial charge in [0.2, 0.25) is 5.88 Å². The topological polar surface area (TPSA) is 61.6 Å². The maximum atomic E-state index is 12.4. The Morgan fingerprint density at radius 3 is 2.67 bits per heavy atom. The summed E-state index contributed by atoms with van der Waals surface area (Å²) in [6, 6.07) is 16.0. The highest BCUT2D eigenvalue weighted by Crippen LogP contribution is 2.45. The summed E-state index contributed by atoms with van der Waals surface area (Å²) in [5, 5.41) is 1.91. The summed E-state index contributed by atoms with van der Waals surface area (Å²) in [7, 11) is 1.52. The molecule has 1 saturated carbocycles. The van der Waals surface area contributed by atoms with Crippen molar-refractivity contribution in [1.82, 2.24) is 4.98 Å². The Morgan fingerprint density at radius 2 is 1.97 bits per heavy atom. The number of hydrogen-bond acceptors (Lipinski definition) is 5. The first kappa shape index (κ1) is 18.7. The average molecular weight is 401 g/mol. The Labute approximate surface area is 174 Å². The Kier molecular flexibility index (Phi) is 4.66. The van der Waals surface area contributed by atoms with E-state index in [1.165, 1.54) is 19.1 Å². The quantitative estimate of drug-likeness (QED) is 0.378. The summed E-state index contributed by atoms with van der Waals surface area (Å²) in [6.45, 7) is 2.08. The molecule has 1 aliphatic carbocycles. The molecule has 0 unspecified atom stereocenters. The van der Waals surface area contributed by atoms with Crippen molar-refractivity contribution < 1.29 is 18.7 Å². The number of furan rings is 1. The number of aromatic nitrogens is 1. The Morgan fingerprint density at radius 1 is 1.13 bits per heavy atom. The van der Waals surface area contributed by atoms with Gasteiger partial charge < -0.3 is 13.9 Å². The second-order valence-corrected chi connectivity index (χ2v) is 7.64. The molecule has 0 saturated heterocycles. The average Bonchev–Trinajstić information content (AvgIpc) is 3.15. The van der Waals surface area contributed by atoms with Crippen molar-refractivity contribution in [1.29, 1.82) is 0 Å². The van der Waals surface area contributed by atoms with Crippen molar-refractivity contribution in [3.05, 3.63) is 59.7 Å². The van der Waals surface area contributed by atoms with Gasteiger partial charge in [0.15, 0.2) is 0 Å². The van der Waals surface area contributed by atoms with Crippen molar-refractivity contribution >= 4 is 27.8 Å². The first-order chi connectivity index (χ1) is 14.7. The molecule has 0 radical (unpaired) electrons. The van der Waals surface area contributed by atoms with Crippen LogP contribution in [0.3, 0.4) is 0 Å². The van der Waals surface area contributed by atoms with Crippen molar-refractivity contribution in [2.75, 3.05) is 13.7 Å². The molecular weight excluding hydrogens is 378 g/mol. The minimum atomic E-state index is -0.433. The van der Waals surface area contributed by atoms with Crippen LogP contribution in [-0.2, 0) is 4.74 Å². The lowest BCUT2D eigenvalue weighted by Crippen LogP contribution is -2.11. The third-order valence-electron chi connectivity index (χ3n) is 5.89. The van der Waals surface area contributed by atoms with Gasteiger partial charge in [-0.3, -0.25) is 0 Å². The van der Waals surface area contributed by atoms with E-state index in [-0.39, 0.29) is 5.88 Å². The van der Waals surface area contributed by atoms with E-state index < -0.39 is 5.97 Å². The number of para-hydroxylation sites is 1. The number of carbonyl (C=O) groups is 1. The molecule has 1 fully saturated rings. The molecule has 0 N–H and O–H groups in total. The Hall–Kier alpha value is -3.34. The lowest BCUT2D eigenvalue weighted by molar-refractivity contribution is 0.0522. The van der Waals surface area contributed by atoms with Crippen molar-refractivity contribution in [3.63, 3.8) is 0 Å². The second-order valence-electron chi connectivity index (χ2n) is 7.64. The third kappa shape index (κ3) is 3.02. The van der Waals surface area contributed by atoms with Crippen LogP contribution in [0.2, 0.25) is 0 Å². The number of esters is 1. The van der Waals surface area contributed by atoms with Crippen molar-refractivity contribution in [3.8, 4) is 17.2 Å². The molecule has 4 aromatic rings. The van der Waals surface area contributed by atoms with Crippen LogP contribution in [0.15, 0.2) is 52.9 Å². The van der Waals surface area contributed by atoms with Gasteiger partial charge in [-0.1, -0.05) is 36.8 Å². The van der Waals surface area contributed by atoms with E-state index in [0.717, 1.165) is 46.0 Å². The van der Waals surface area contributed by atoms with Gasteiger partial charge in [-0.05, 0) is 49.4 Å². The highest BCUT2D eigenvalue weighted by Gasteiger charge is 2.27. The predicted molar refractivity (Wildman–Crippen MR) is 116 cm³/mol. The molecular formula is C25H23NO4. The number of benzene rings is 2. The molecule has 0 atom stereocenters. The first-order valence-corrected chi connectivity index (χ1v) is 10.4. The standard InChI is InChI=1S/C25H23NO4/c1-3-29-25(27)19-13-17-11-12-18(15-8-6-9-15)22(23(17)26-24(19)28-2)21-14-16-7-4-5-10-20(16)30-21/h4-5,7,10-15H,3,6,8-9H2,1-2H3. The summed E-state index contributed by atoms with van der Waals surface area (Å²) in [6.07, 6.45) is 3.56. The fourth-order valence-corrected chi connectivity index (χ4v) is 4.17. The van der Waals surface area contributed by atoms with Gasteiger partial charge in [0.25, 0.3) is 0 Å². The van der Waals surface area contributed by atoms with Gasteiger partial charge in [-0.25, -0.2) is 9.78 Å². The van der Waals surface area contributed by atoms with Gasteiger partial charge in [0.05, 0.1) is 19.2 Å². The Balaban J connectivity index is 1.78. The summed E-state index contributed by atoms with van der Waals surface area (Å²) in [5.41, 5.74) is 4.19. The molecule has 2 aromatic carbocycles. The van der Waals surface area contributed by atoms with E-state index in [2.05, 4.69) is 12.1 Å². The lowest BCUT2D eigenvalue weighted by Gasteiger charge is -2.28. The smallest absolute Gasteiger partial charge is 0.343 e. The van der Waals surface area contributed by atoms with Crippen LogP contribution in [0.25, 0.3) is 33.2 Å². The predicted octanol–water partition coefficient (Wildman–Crippen LogP) is 6.10. The highest BCUT2D eigenvalue weighted by atomic mass is 16.5. The fourth-order valence-electron chi connectivity index (χ4n) is 4.17. The highest BCUT2D eigenvalue weighted by molar-refractivity contribution is 6.02. The molecule has 5 heteroatoms. The lowest BCUT2D eigenvalue weighted by atomic mass is 9.77. The number of rotatable bonds is 5. The first-order valence-electron chi connectivity index (χ1n) is 10.4. The molecule has 2 aromatic heterocycles. The van der Waals surface area contributed by atoms with Gasteiger partial charge >= 0.3 is 5.97 Å². The van der Waals surface area contributed by atoms with Crippen LogP contribution < -0.4 is 4.74 Å². The number of pyridine rings is 1. The van der Waals surface area contributed by atoms with Crippen molar-refractivity contribution in [2.24, 2.45) is 0 Å². The summed E-state index contributed by atoms with van der Waals surface area (Å²) >= 11 is 0. The number of fused-ring (bicyclic) bond motifs is 2. The Bertz CT molecular complexity index is 1220. The van der Waals surface area contributed by atoms with E-state index >= 15 is 0 Å². The number of methoxy groups -OCH3 is 1.